The van der Waals surface area contributed by atoms with Gasteiger partial charge in [0.25, 0.3) is 5.95 Å². The molecule has 1 fully saturated rings. The monoisotopic (exact) mass is 339 g/mol. The van der Waals surface area contributed by atoms with Crippen LogP contribution < -0.4 is 10.8 Å². The largest absolute Gasteiger partial charge is 0.320 e. The van der Waals surface area contributed by atoms with Crippen LogP contribution in [0.5, 0.6) is 0 Å². The van der Waals surface area contributed by atoms with Crippen LogP contribution in [-0.2, 0) is 11.4 Å². The third-order valence-corrected chi connectivity index (χ3v) is 4.81. The first-order chi connectivity index (χ1) is 12.3. The van der Waals surface area contributed by atoms with Crippen molar-refractivity contribution in [1.29, 1.82) is 0 Å². The van der Waals surface area contributed by atoms with Gasteiger partial charge in [-0.2, -0.15) is 10.3 Å². The highest BCUT2D eigenvalue weighted by Crippen LogP contribution is 2.43. The van der Waals surface area contributed by atoms with Crippen LogP contribution in [-0.4, -0.2) is 41.0 Å². The van der Waals surface area contributed by atoms with Crippen molar-refractivity contribution in [1.82, 2.24) is 40.9 Å². The molecule has 0 radical (unpaired) electrons. The van der Waals surface area contributed by atoms with Crippen molar-refractivity contribution in [3.05, 3.63) is 24.0 Å². The lowest BCUT2D eigenvalue weighted by molar-refractivity contribution is -0.0821. The number of hydroxylamine groups is 1. The fourth-order valence-electron chi connectivity index (χ4n) is 3.31. The summed E-state index contributed by atoms with van der Waals surface area (Å²) in [5.74, 6) is 0.385. The maximum Gasteiger partial charge on any atom is 0.267 e. The molecule has 1 aliphatic carbocycles. The highest BCUT2D eigenvalue weighted by molar-refractivity contribution is 5.97. The third kappa shape index (κ3) is 2.18. The molecule has 2 aliphatic rings. The lowest BCUT2D eigenvalue weighted by Gasteiger charge is -2.33. The van der Waals surface area contributed by atoms with E-state index in [4.69, 9.17) is 4.84 Å². The van der Waals surface area contributed by atoms with Crippen molar-refractivity contribution in [2.75, 3.05) is 5.32 Å². The summed E-state index contributed by atoms with van der Waals surface area (Å²) < 4.78 is 1.85. The fourth-order valence-corrected chi connectivity index (χ4v) is 3.31. The van der Waals surface area contributed by atoms with Gasteiger partial charge in [-0.05, 0) is 37.5 Å². The molecule has 1 spiro atoms. The first-order valence-electron chi connectivity index (χ1n) is 8.30. The minimum absolute atomic E-state index is 0.179. The molecule has 128 valence electrons. The number of fused-ring (bicyclic) bond motifs is 1. The van der Waals surface area contributed by atoms with E-state index >= 15 is 0 Å². The van der Waals surface area contributed by atoms with Crippen LogP contribution >= 0.6 is 0 Å². The summed E-state index contributed by atoms with van der Waals surface area (Å²) in [6, 6.07) is 0. The number of hydrogen-bond donors (Lipinski definition) is 3. The summed E-state index contributed by atoms with van der Waals surface area (Å²) in [6.07, 6.45) is 9.00. The van der Waals surface area contributed by atoms with Crippen LogP contribution in [0.1, 0.15) is 31.7 Å². The third-order valence-electron chi connectivity index (χ3n) is 4.81. The Morgan fingerprint density at radius 2 is 2.28 bits per heavy atom. The number of rotatable bonds is 4. The van der Waals surface area contributed by atoms with Gasteiger partial charge in [0.2, 0.25) is 0 Å². The molecule has 1 saturated carbocycles. The number of aromatic nitrogens is 7. The summed E-state index contributed by atoms with van der Waals surface area (Å²) >= 11 is 0. The van der Waals surface area contributed by atoms with Crippen molar-refractivity contribution in [2.24, 2.45) is 0 Å². The van der Waals surface area contributed by atoms with Crippen molar-refractivity contribution < 1.29 is 4.84 Å². The molecular weight excluding hydrogens is 322 g/mol. The standard InChI is InChI=1S/C15H17N9O/c1-2-24-13-10(8-17-24)12(18-14-19-22-23-20-14)9(7-16-13)11-6-15(25-21-11)4-3-5-15/h6-8,21H,2-5H2,1H3,(H2,16,18,19,20,22,23). The Morgan fingerprint density at radius 3 is 2.96 bits per heavy atom. The van der Waals surface area contributed by atoms with Gasteiger partial charge >= 0.3 is 0 Å². The van der Waals surface area contributed by atoms with Crippen LogP contribution in [0.15, 0.2) is 18.5 Å². The van der Waals surface area contributed by atoms with Crippen LogP contribution in [0.3, 0.4) is 0 Å². The molecule has 25 heavy (non-hydrogen) atoms. The number of anilines is 2. The van der Waals surface area contributed by atoms with E-state index < -0.39 is 0 Å². The Bertz CT molecular complexity index is 955. The first kappa shape index (κ1) is 14.3. The number of H-pyrrole nitrogens is 1. The summed E-state index contributed by atoms with van der Waals surface area (Å²) in [5.41, 5.74) is 6.29. The van der Waals surface area contributed by atoms with E-state index in [-0.39, 0.29) is 5.60 Å². The Labute approximate surface area is 142 Å². The van der Waals surface area contributed by atoms with E-state index in [1.54, 1.807) is 6.20 Å². The molecule has 4 heterocycles. The Morgan fingerprint density at radius 1 is 1.36 bits per heavy atom. The number of pyridine rings is 1. The highest BCUT2D eigenvalue weighted by atomic mass is 16.7. The smallest absolute Gasteiger partial charge is 0.267 e. The summed E-state index contributed by atoms with van der Waals surface area (Å²) in [6.45, 7) is 2.77. The second-order valence-corrected chi connectivity index (χ2v) is 6.29. The molecule has 0 amide bonds. The van der Waals surface area contributed by atoms with Crippen molar-refractivity contribution >= 4 is 28.4 Å². The van der Waals surface area contributed by atoms with Crippen molar-refractivity contribution in [3.8, 4) is 0 Å². The van der Waals surface area contributed by atoms with E-state index in [1.807, 2.05) is 17.8 Å². The zero-order chi connectivity index (χ0) is 16.9. The van der Waals surface area contributed by atoms with E-state index in [0.29, 0.717) is 5.95 Å². The predicted octanol–water partition coefficient (Wildman–Crippen LogP) is 1.51. The molecule has 10 heteroatoms. The van der Waals surface area contributed by atoms with Crippen LogP contribution in [0, 0.1) is 0 Å². The Hall–Kier alpha value is -3.01. The predicted molar refractivity (Wildman–Crippen MR) is 89.4 cm³/mol. The average molecular weight is 339 g/mol. The van der Waals surface area contributed by atoms with Gasteiger partial charge in [0.05, 0.1) is 23.0 Å². The van der Waals surface area contributed by atoms with E-state index in [9.17, 15) is 0 Å². The molecule has 0 aromatic carbocycles. The Kier molecular flexibility index (Phi) is 3.01. The maximum atomic E-state index is 5.80. The van der Waals surface area contributed by atoms with Crippen molar-refractivity contribution in [2.45, 2.75) is 38.3 Å². The van der Waals surface area contributed by atoms with Gasteiger partial charge in [0.1, 0.15) is 5.60 Å². The van der Waals surface area contributed by atoms with Gasteiger partial charge in [-0.25, -0.2) is 9.67 Å². The number of hydrogen-bond acceptors (Lipinski definition) is 8. The summed E-state index contributed by atoms with van der Waals surface area (Å²) in [7, 11) is 0. The number of aromatic amines is 1. The molecule has 1 aliphatic heterocycles. The minimum Gasteiger partial charge on any atom is -0.320 e. The molecule has 10 nitrogen and oxygen atoms in total. The van der Waals surface area contributed by atoms with Gasteiger partial charge in [-0.1, -0.05) is 5.10 Å². The topological polar surface area (TPSA) is 118 Å². The quantitative estimate of drug-likeness (QED) is 0.654. The van der Waals surface area contributed by atoms with Crippen LogP contribution in [0.25, 0.3) is 16.7 Å². The zero-order valence-electron chi connectivity index (χ0n) is 13.7. The molecule has 0 unspecified atom stereocenters. The van der Waals surface area contributed by atoms with Gasteiger partial charge in [-0.3, -0.25) is 10.3 Å². The highest BCUT2D eigenvalue weighted by Gasteiger charge is 2.41. The molecule has 3 aromatic rings. The number of nitrogens with one attached hydrogen (secondary N) is 3. The molecule has 0 saturated heterocycles. The molecular formula is C15H17N9O. The van der Waals surface area contributed by atoms with Gasteiger partial charge < -0.3 is 5.32 Å². The van der Waals surface area contributed by atoms with Gasteiger partial charge in [0, 0.05) is 18.3 Å². The van der Waals surface area contributed by atoms with Crippen LogP contribution in [0.4, 0.5) is 11.6 Å². The number of tetrazole rings is 1. The molecule has 3 N–H and O–H groups in total. The van der Waals surface area contributed by atoms with Gasteiger partial charge in [-0.15, -0.1) is 5.10 Å². The molecule has 3 aromatic heterocycles. The summed E-state index contributed by atoms with van der Waals surface area (Å²) in [5, 5.41) is 22.6. The fraction of sp³-hybridized carbons (Fsp3) is 0.400. The second-order valence-electron chi connectivity index (χ2n) is 6.29. The molecule has 5 rings (SSSR count). The van der Waals surface area contributed by atoms with E-state index in [1.165, 1.54) is 6.42 Å². The number of nitrogens with zero attached hydrogens (tertiary/aromatic N) is 6. The minimum atomic E-state index is -0.179. The van der Waals surface area contributed by atoms with E-state index in [2.05, 4.69) is 47.6 Å². The van der Waals surface area contributed by atoms with E-state index in [0.717, 1.165) is 47.4 Å². The zero-order valence-corrected chi connectivity index (χ0v) is 13.7. The van der Waals surface area contributed by atoms with Crippen molar-refractivity contribution in [3.63, 3.8) is 0 Å². The Balaban J connectivity index is 1.66. The molecule has 0 atom stereocenters. The summed E-state index contributed by atoms with van der Waals surface area (Å²) in [4.78, 5) is 10.4. The normalized spacial score (nSPS) is 18.2. The lowest BCUT2D eigenvalue weighted by Crippen LogP contribution is -2.36. The van der Waals surface area contributed by atoms with Crippen LogP contribution in [0.2, 0.25) is 0 Å². The average Bonchev–Trinajstić information content (AvgIpc) is 3.33. The molecule has 0 bridgehead atoms. The lowest BCUT2D eigenvalue weighted by atomic mass is 9.80. The second kappa shape index (κ2) is 5.24. The number of aryl methyl sites for hydroxylation is 1. The van der Waals surface area contributed by atoms with Gasteiger partial charge in [0.15, 0.2) is 5.65 Å². The maximum absolute atomic E-state index is 5.80. The SMILES string of the molecule is CCn1ncc2c(Nc3nn[nH]n3)c(C3=CC4(CCC4)ON3)cnc21. The first-order valence-corrected chi connectivity index (χ1v) is 8.30.